The third-order valence-corrected chi connectivity index (χ3v) is 4.29. The van der Waals surface area contributed by atoms with Gasteiger partial charge in [-0.15, -0.1) is 0 Å². The zero-order chi connectivity index (χ0) is 11.5. The summed E-state index contributed by atoms with van der Waals surface area (Å²) < 4.78 is 5.60. The van der Waals surface area contributed by atoms with Crippen molar-refractivity contribution in [3.05, 3.63) is 11.5 Å². The lowest BCUT2D eigenvalue weighted by Gasteiger charge is -2.09. The summed E-state index contributed by atoms with van der Waals surface area (Å²) in [4.78, 5) is 4.42. The van der Waals surface area contributed by atoms with Crippen molar-refractivity contribution in [3.63, 3.8) is 0 Å². The van der Waals surface area contributed by atoms with Crippen LogP contribution in [0.4, 0.5) is 0 Å². The van der Waals surface area contributed by atoms with Gasteiger partial charge in [0.05, 0.1) is 5.69 Å². The van der Waals surface area contributed by atoms with E-state index in [9.17, 15) is 0 Å². The average Bonchev–Trinajstić information content (AvgIpc) is 2.77. The summed E-state index contributed by atoms with van der Waals surface area (Å²) in [6, 6.07) is 0.694. The Morgan fingerprint density at radius 2 is 2.25 bits per heavy atom. The van der Waals surface area contributed by atoms with Crippen LogP contribution in [-0.2, 0) is 0 Å². The topological polar surface area (TPSA) is 38.1 Å². The second-order valence-corrected chi connectivity index (χ2v) is 5.68. The summed E-state index contributed by atoms with van der Waals surface area (Å²) in [5.74, 6) is 0.948. The highest BCUT2D eigenvalue weighted by Crippen LogP contribution is 2.35. The van der Waals surface area contributed by atoms with Crippen LogP contribution in [0.15, 0.2) is 9.64 Å². The first kappa shape index (κ1) is 12.0. The maximum Gasteiger partial charge on any atom is 0.256 e. The number of aromatic nitrogens is 1. The van der Waals surface area contributed by atoms with Gasteiger partial charge in [0.15, 0.2) is 0 Å². The molecule has 2 rings (SSSR count). The van der Waals surface area contributed by atoms with Crippen molar-refractivity contribution in [2.45, 2.75) is 56.5 Å². The Morgan fingerprint density at radius 1 is 1.44 bits per heavy atom. The number of oxazole rings is 1. The number of rotatable bonds is 4. The molecule has 90 valence electrons. The predicted octanol–water partition coefficient (Wildman–Crippen LogP) is 2.91. The van der Waals surface area contributed by atoms with E-state index in [-0.39, 0.29) is 0 Å². The van der Waals surface area contributed by atoms with Gasteiger partial charge in [0, 0.05) is 11.3 Å². The summed E-state index contributed by atoms with van der Waals surface area (Å²) in [6.45, 7) is 7.21. The first-order valence-electron chi connectivity index (χ1n) is 6.03. The van der Waals surface area contributed by atoms with Gasteiger partial charge in [0.1, 0.15) is 5.76 Å². The van der Waals surface area contributed by atoms with Crippen LogP contribution in [0.25, 0.3) is 0 Å². The van der Waals surface area contributed by atoms with E-state index in [0.717, 1.165) is 23.2 Å². The number of thioether (sulfide) groups is 1. The normalized spacial score (nSPS) is 25.2. The largest absolute Gasteiger partial charge is 0.437 e. The van der Waals surface area contributed by atoms with E-state index in [1.165, 1.54) is 19.3 Å². The fourth-order valence-electron chi connectivity index (χ4n) is 2.16. The first-order valence-corrected chi connectivity index (χ1v) is 6.91. The van der Waals surface area contributed by atoms with Crippen LogP contribution < -0.4 is 5.32 Å². The third-order valence-electron chi connectivity index (χ3n) is 3.15. The quantitative estimate of drug-likeness (QED) is 0.878. The van der Waals surface area contributed by atoms with Gasteiger partial charge in [-0.2, -0.15) is 0 Å². The number of nitrogens with zero attached hydrogens (tertiary/aromatic N) is 1. The van der Waals surface area contributed by atoms with Crippen molar-refractivity contribution >= 4 is 11.8 Å². The van der Waals surface area contributed by atoms with Crippen molar-refractivity contribution in [2.24, 2.45) is 0 Å². The summed E-state index contributed by atoms with van der Waals surface area (Å²) in [5, 5.41) is 5.03. The Labute approximate surface area is 101 Å². The van der Waals surface area contributed by atoms with Gasteiger partial charge in [0.2, 0.25) is 0 Å². The highest BCUT2D eigenvalue weighted by Gasteiger charge is 2.26. The van der Waals surface area contributed by atoms with Crippen molar-refractivity contribution in [3.8, 4) is 0 Å². The molecule has 1 N–H and O–H groups in total. The Kier molecular flexibility index (Phi) is 3.92. The number of aryl methyl sites for hydroxylation is 2. The lowest BCUT2D eigenvalue weighted by atomic mass is 10.2. The molecule has 0 bridgehead atoms. The maximum atomic E-state index is 5.60. The molecular weight excluding hydrogens is 220 g/mol. The van der Waals surface area contributed by atoms with Gasteiger partial charge in [0.25, 0.3) is 5.22 Å². The number of nitrogens with one attached hydrogen (secondary N) is 1. The second kappa shape index (κ2) is 5.23. The minimum Gasteiger partial charge on any atom is -0.437 e. The van der Waals surface area contributed by atoms with Crippen LogP contribution in [0.3, 0.4) is 0 Å². The fraction of sp³-hybridized carbons (Fsp3) is 0.750. The van der Waals surface area contributed by atoms with E-state index in [0.29, 0.717) is 11.3 Å². The molecule has 1 aromatic rings. The van der Waals surface area contributed by atoms with E-state index in [4.69, 9.17) is 4.42 Å². The van der Waals surface area contributed by atoms with Gasteiger partial charge >= 0.3 is 0 Å². The zero-order valence-corrected chi connectivity index (χ0v) is 11.1. The molecule has 0 aliphatic heterocycles. The van der Waals surface area contributed by atoms with Crippen molar-refractivity contribution in [1.29, 1.82) is 0 Å². The van der Waals surface area contributed by atoms with Crippen LogP contribution in [0.1, 0.15) is 37.6 Å². The fourth-order valence-corrected chi connectivity index (χ4v) is 3.39. The third kappa shape index (κ3) is 2.80. The first-order chi connectivity index (χ1) is 7.69. The minimum atomic E-state index is 0.668. The summed E-state index contributed by atoms with van der Waals surface area (Å²) in [6.07, 6.45) is 3.78. The molecule has 0 amide bonds. The van der Waals surface area contributed by atoms with E-state index >= 15 is 0 Å². The molecule has 1 aromatic heterocycles. The molecule has 2 unspecified atom stereocenters. The van der Waals surface area contributed by atoms with E-state index in [1.807, 2.05) is 13.8 Å². The highest BCUT2D eigenvalue weighted by atomic mass is 32.2. The van der Waals surface area contributed by atoms with Crippen molar-refractivity contribution < 1.29 is 4.42 Å². The Hall–Kier alpha value is -0.480. The molecule has 2 atom stereocenters. The van der Waals surface area contributed by atoms with E-state index < -0.39 is 0 Å². The molecule has 0 saturated heterocycles. The van der Waals surface area contributed by atoms with Crippen LogP contribution in [0.2, 0.25) is 0 Å². The molecule has 0 aromatic carbocycles. The van der Waals surface area contributed by atoms with Gasteiger partial charge in [-0.3, -0.25) is 0 Å². The van der Waals surface area contributed by atoms with E-state index in [2.05, 4.69) is 17.2 Å². The number of hydrogen-bond donors (Lipinski definition) is 1. The van der Waals surface area contributed by atoms with Gasteiger partial charge < -0.3 is 9.73 Å². The Balaban J connectivity index is 1.87. The zero-order valence-electron chi connectivity index (χ0n) is 10.2. The molecule has 4 heteroatoms. The lowest BCUT2D eigenvalue weighted by Crippen LogP contribution is -2.26. The van der Waals surface area contributed by atoms with Crippen molar-refractivity contribution in [1.82, 2.24) is 10.3 Å². The number of hydrogen-bond acceptors (Lipinski definition) is 4. The summed E-state index contributed by atoms with van der Waals surface area (Å²) in [5.41, 5.74) is 1.02. The monoisotopic (exact) mass is 240 g/mol. The van der Waals surface area contributed by atoms with Crippen LogP contribution in [-0.4, -0.2) is 22.8 Å². The highest BCUT2D eigenvalue weighted by molar-refractivity contribution is 7.99. The molecular formula is C12H20N2OS. The molecule has 1 aliphatic carbocycles. The average molecular weight is 240 g/mol. The van der Waals surface area contributed by atoms with Crippen LogP contribution >= 0.6 is 11.8 Å². The van der Waals surface area contributed by atoms with Gasteiger partial charge in [-0.05, 0) is 39.7 Å². The molecule has 16 heavy (non-hydrogen) atoms. The second-order valence-electron chi connectivity index (χ2n) is 4.43. The molecule has 1 saturated carbocycles. The molecule has 1 heterocycles. The van der Waals surface area contributed by atoms with Crippen molar-refractivity contribution in [2.75, 3.05) is 6.54 Å². The van der Waals surface area contributed by atoms with Crippen LogP contribution in [0, 0.1) is 13.8 Å². The summed E-state index contributed by atoms with van der Waals surface area (Å²) in [7, 11) is 0. The Bertz CT molecular complexity index is 331. The van der Waals surface area contributed by atoms with Crippen LogP contribution in [0.5, 0.6) is 0 Å². The minimum absolute atomic E-state index is 0.668. The summed E-state index contributed by atoms with van der Waals surface area (Å²) >= 11 is 1.80. The molecule has 0 spiro atoms. The molecule has 1 fully saturated rings. The lowest BCUT2D eigenvalue weighted by molar-refractivity contribution is 0.430. The van der Waals surface area contributed by atoms with Gasteiger partial charge in [-0.25, -0.2) is 4.98 Å². The standard InChI is InChI=1S/C12H20N2OS/c1-4-13-10-5-6-11(7-10)16-12-14-8(2)9(3)15-12/h10-11,13H,4-7H2,1-3H3. The van der Waals surface area contributed by atoms with Gasteiger partial charge in [-0.1, -0.05) is 18.7 Å². The predicted molar refractivity (Wildman–Crippen MR) is 66.9 cm³/mol. The smallest absolute Gasteiger partial charge is 0.256 e. The SMILES string of the molecule is CCNC1CCC(Sc2nc(C)c(C)o2)C1. The molecule has 3 nitrogen and oxygen atoms in total. The molecule has 1 aliphatic rings. The Morgan fingerprint density at radius 3 is 2.88 bits per heavy atom. The van der Waals surface area contributed by atoms with E-state index in [1.54, 1.807) is 11.8 Å². The maximum absolute atomic E-state index is 5.60. The molecule has 0 radical (unpaired) electrons.